The van der Waals surface area contributed by atoms with E-state index < -0.39 is 0 Å². The summed E-state index contributed by atoms with van der Waals surface area (Å²) in [6.07, 6.45) is 1.66. The van der Waals surface area contributed by atoms with Crippen LogP contribution in [0.1, 0.15) is 11.1 Å². The van der Waals surface area contributed by atoms with E-state index in [9.17, 15) is 4.39 Å². The summed E-state index contributed by atoms with van der Waals surface area (Å²) < 4.78 is 13.6. The van der Waals surface area contributed by atoms with Crippen molar-refractivity contribution in [2.75, 3.05) is 11.9 Å². The number of thiocarbonyl (C=S) groups is 1. The molecule has 1 aromatic heterocycles. The Morgan fingerprint density at radius 1 is 1.32 bits per heavy atom. The smallest absolute Gasteiger partial charge is 0.138 e. The Labute approximate surface area is 116 Å². The lowest BCUT2D eigenvalue weighted by Gasteiger charge is -2.21. The number of hydrogen-bond donors (Lipinski definition) is 1. The van der Waals surface area contributed by atoms with Gasteiger partial charge in [-0.15, -0.1) is 0 Å². The lowest BCUT2D eigenvalue weighted by Crippen LogP contribution is -2.23. The number of nitrogens with two attached hydrogens (primary N) is 1. The summed E-state index contributed by atoms with van der Waals surface area (Å²) in [5.41, 5.74) is 6.96. The van der Waals surface area contributed by atoms with Gasteiger partial charge in [-0.1, -0.05) is 30.4 Å². The summed E-state index contributed by atoms with van der Waals surface area (Å²) in [5.74, 6) is 0.417. The Balaban J connectivity index is 2.28. The van der Waals surface area contributed by atoms with E-state index in [2.05, 4.69) is 4.98 Å². The first-order chi connectivity index (χ1) is 9.09. The van der Waals surface area contributed by atoms with Crippen LogP contribution in [-0.2, 0) is 6.54 Å². The van der Waals surface area contributed by atoms with Gasteiger partial charge in [-0.3, -0.25) is 0 Å². The number of aromatic nitrogens is 1. The molecule has 1 aromatic carbocycles. The third-order valence-corrected chi connectivity index (χ3v) is 3.00. The van der Waals surface area contributed by atoms with Gasteiger partial charge in [0.1, 0.15) is 16.6 Å². The van der Waals surface area contributed by atoms with Crippen molar-refractivity contribution < 1.29 is 4.39 Å². The molecule has 0 aliphatic carbocycles. The molecular weight excluding hydrogens is 261 g/mol. The summed E-state index contributed by atoms with van der Waals surface area (Å²) in [6, 6.07) is 10.2. The molecule has 0 atom stereocenters. The number of nitrogens with zero attached hydrogens (tertiary/aromatic N) is 2. The molecule has 0 amide bonds. The standard InChI is InChI=1S/C14H14FN3S/c1-18(9-10-5-2-3-7-12(10)15)14-11(13(16)19)6-4-8-17-14/h2-8H,9H2,1H3,(H2,16,19). The van der Waals surface area contributed by atoms with E-state index in [4.69, 9.17) is 18.0 Å². The van der Waals surface area contributed by atoms with Crippen LogP contribution < -0.4 is 10.6 Å². The fraction of sp³-hybridized carbons (Fsp3) is 0.143. The summed E-state index contributed by atoms with van der Waals surface area (Å²) >= 11 is 5.00. The van der Waals surface area contributed by atoms with Gasteiger partial charge in [0.15, 0.2) is 0 Å². The lowest BCUT2D eigenvalue weighted by molar-refractivity contribution is 0.607. The summed E-state index contributed by atoms with van der Waals surface area (Å²) in [4.78, 5) is 6.37. The Kier molecular flexibility index (Phi) is 4.06. The van der Waals surface area contributed by atoms with Gasteiger partial charge in [0.25, 0.3) is 0 Å². The molecule has 98 valence electrons. The molecular formula is C14H14FN3S. The van der Waals surface area contributed by atoms with E-state index in [1.54, 1.807) is 30.5 Å². The van der Waals surface area contributed by atoms with E-state index in [-0.39, 0.29) is 10.8 Å². The van der Waals surface area contributed by atoms with E-state index in [1.807, 2.05) is 18.0 Å². The molecule has 3 nitrogen and oxygen atoms in total. The van der Waals surface area contributed by atoms with Crippen molar-refractivity contribution in [3.63, 3.8) is 0 Å². The van der Waals surface area contributed by atoms with Crippen LogP contribution in [0.2, 0.25) is 0 Å². The van der Waals surface area contributed by atoms with Gasteiger partial charge >= 0.3 is 0 Å². The minimum atomic E-state index is -0.234. The Hall–Kier alpha value is -2.01. The van der Waals surface area contributed by atoms with Crippen LogP contribution in [-0.4, -0.2) is 17.0 Å². The zero-order chi connectivity index (χ0) is 13.8. The molecule has 0 radical (unpaired) electrons. The molecule has 0 aliphatic rings. The maximum absolute atomic E-state index is 13.6. The highest BCUT2D eigenvalue weighted by molar-refractivity contribution is 7.80. The number of benzene rings is 1. The predicted octanol–water partition coefficient (Wildman–Crippen LogP) is 2.49. The van der Waals surface area contributed by atoms with Crippen LogP contribution in [0.3, 0.4) is 0 Å². The molecule has 19 heavy (non-hydrogen) atoms. The molecule has 0 spiro atoms. The van der Waals surface area contributed by atoms with Gasteiger partial charge < -0.3 is 10.6 Å². The first kappa shape index (κ1) is 13.4. The number of anilines is 1. The molecule has 1 heterocycles. The molecule has 0 aliphatic heterocycles. The lowest BCUT2D eigenvalue weighted by atomic mass is 10.2. The van der Waals surface area contributed by atoms with Crippen LogP contribution in [0.25, 0.3) is 0 Å². The SMILES string of the molecule is CN(Cc1ccccc1F)c1ncccc1C(N)=S. The largest absolute Gasteiger partial charge is 0.389 e. The van der Waals surface area contributed by atoms with Crippen molar-refractivity contribution in [2.24, 2.45) is 5.73 Å². The second-order valence-electron chi connectivity index (χ2n) is 4.19. The van der Waals surface area contributed by atoms with Crippen molar-refractivity contribution in [1.29, 1.82) is 0 Å². The topological polar surface area (TPSA) is 42.2 Å². The number of rotatable bonds is 4. The maximum atomic E-state index is 13.6. The van der Waals surface area contributed by atoms with Crippen molar-refractivity contribution >= 4 is 23.0 Å². The van der Waals surface area contributed by atoms with Crippen LogP contribution in [0.5, 0.6) is 0 Å². The minimum Gasteiger partial charge on any atom is -0.389 e. The first-order valence-electron chi connectivity index (χ1n) is 5.79. The first-order valence-corrected chi connectivity index (χ1v) is 6.20. The van der Waals surface area contributed by atoms with Crippen LogP contribution in [0.15, 0.2) is 42.6 Å². The molecule has 0 bridgehead atoms. The highest BCUT2D eigenvalue weighted by Gasteiger charge is 2.12. The Bertz CT molecular complexity index is 601. The molecule has 0 fully saturated rings. The minimum absolute atomic E-state index is 0.234. The van der Waals surface area contributed by atoms with Gasteiger partial charge in [0.2, 0.25) is 0 Å². The van der Waals surface area contributed by atoms with E-state index in [0.29, 0.717) is 23.5 Å². The highest BCUT2D eigenvalue weighted by Crippen LogP contribution is 2.19. The Morgan fingerprint density at radius 2 is 2.05 bits per heavy atom. The molecule has 2 rings (SSSR count). The van der Waals surface area contributed by atoms with Gasteiger partial charge in [-0.05, 0) is 18.2 Å². The van der Waals surface area contributed by atoms with Crippen molar-refractivity contribution in [3.05, 3.63) is 59.5 Å². The summed E-state index contributed by atoms with van der Waals surface area (Å²) in [7, 11) is 1.83. The van der Waals surface area contributed by atoms with E-state index >= 15 is 0 Å². The zero-order valence-electron chi connectivity index (χ0n) is 10.5. The van der Waals surface area contributed by atoms with Crippen LogP contribution >= 0.6 is 12.2 Å². The van der Waals surface area contributed by atoms with Gasteiger partial charge in [0, 0.05) is 25.4 Å². The average molecular weight is 275 g/mol. The van der Waals surface area contributed by atoms with Gasteiger partial charge in [0.05, 0.1) is 5.56 Å². The number of halogens is 1. The van der Waals surface area contributed by atoms with Crippen LogP contribution in [0.4, 0.5) is 10.2 Å². The average Bonchev–Trinajstić information content (AvgIpc) is 2.41. The van der Waals surface area contributed by atoms with Crippen LogP contribution in [0, 0.1) is 5.82 Å². The number of pyridine rings is 1. The molecule has 2 N–H and O–H groups in total. The summed E-state index contributed by atoms with van der Waals surface area (Å²) in [5, 5.41) is 0. The number of hydrogen-bond acceptors (Lipinski definition) is 3. The van der Waals surface area contributed by atoms with E-state index in [0.717, 1.165) is 0 Å². The molecule has 5 heteroatoms. The second kappa shape index (κ2) is 5.75. The fourth-order valence-electron chi connectivity index (χ4n) is 1.85. The monoisotopic (exact) mass is 275 g/mol. The third-order valence-electron chi connectivity index (χ3n) is 2.78. The van der Waals surface area contributed by atoms with E-state index in [1.165, 1.54) is 6.07 Å². The second-order valence-corrected chi connectivity index (χ2v) is 4.63. The van der Waals surface area contributed by atoms with Crippen molar-refractivity contribution in [1.82, 2.24) is 4.98 Å². The van der Waals surface area contributed by atoms with Gasteiger partial charge in [-0.2, -0.15) is 0 Å². The van der Waals surface area contributed by atoms with Gasteiger partial charge in [-0.25, -0.2) is 9.37 Å². The predicted molar refractivity (Wildman–Crippen MR) is 78.6 cm³/mol. The molecule has 0 saturated heterocycles. The quantitative estimate of drug-likeness (QED) is 0.871. The Morgan fingerprint density at radius 3 is 2.74 bits per heavy atom. The summed E-state index contributed by atoms with van der Waals surface area (Å²) in [6.45, 7) is 0.402. The normalized spacial score (nSPS) is 10.2. The molecule has 0 unspecified atom stereocenters. The third kappa shape index (κ3) is 3.06. The van der Waals surface area contributed by atoms with Crippen molar-refractivity contribution in [3.8, 4) is 0 Å². The molecule has 2 aromatic rings. The fourth-order valence-corrected chi connectivity index (χ4v) is 2.01. The molecule has 0 saturated carbocycles. The van der Waals surface area contributed by atoms with Crippen molar-refractivity contribution in [2.45, 2.75) is 6.54 Å². The highest BCUT2D eigenvalue weighted by atomic mass is 32.1. The maximum Gasteiger partial charge on any atom is 0.138 e. The zero-order valence-corrected chi connectivity index (χ0v) is 11.3.